The molecule has 1 N–H and O–H groups in total. The molecule has 1 atom stereocenters. The third-order valence-electron chi connectivity index (χ3n) is 5.14. The summed E-state index contributed by atoms with van der Waals surface area (Å²) in [5, 5.41) is 16.7. The largest absolute Gasteiger partial charge is 0.367 e. The van der Waals surface area contributed by atoms with Crippen molar-refractivity contribution in [2.24, 2.45) is 0 Å². The third kappa shape index (κ3) is 2.16. The minimum atomic E-state index is 0.561. The van der Waals surface area contributed by atoms with Crippen LogP contribution in [0.4, 0.5) is 5.82 Å². The molecular weight excluding hydrogens is 278 g/mol. The molecule has 22 heavy (non-hydrogen) atoms. The van der Waals surface area contributed by atoms with Crippen LogP contribution in [0.1, 0.15) is 24.6 Å². The zero-order chi connectivity index (χ0) is 14.5. The summed E-state index contributed by atoms with van der Waals surface area (Å²) in [6.45, 7) is 7.00. The number of rotatable bonds is 4. The third-order valence-corrected chi connectivity index (χ3v) is 5.14. The van der Waals surface area contributed by atoms with Gasteiger partial charge in [0.25, 0.3) is 0 Å². The van der Waals surface area contributed by atoms with E-state index in [1.807, 2.05) is 16.6 Å². The molecule has 6 rings (SSSR count). The molecule has 5 heterocycles. The van der Waals surface area contributed by atoms with E-state index in [0.29, 0.717) is 12.0 Å². The molecule has 0 spiro atoms. The van der Waals surface area contributed by atoms with Gasteiger partial charge in [-0.25, -0.2) is 0 Å². The SMILES string of the molecule is c1cc2nnc(C3CC3)n2nc1NCC1CN2CCN1CC2. The molecule has 3 saturated heterocycles. The quantitative estimate of drug-likeness (QED) is 0.882. The molecule has 0 radical (unpaired) electrons. The maximum atomic E-state index is 4.69. The molecule has 1 saturated carbocycles. The molecule has 2 aromatic heterocycles. The van der Waals surface area contributed by atoms with E-state index in [9.17, 15) is 0 Å². The van der Waals surface area contributed by atoms with Crippen LogP contribution in [-0.4, -0.2) is 74.9 Å². The van der Waals surface area contributed by atoms with Crippen molar-refractivity contribution in [3.05, 3.63) is 18.0 Å². The van der Waals surface area contributed by atoms with Gasteiger partial charge in [-0.1, -0.05) is 0 Å². The number of hydrogen-bond donors (Lipinski definition) is 1. The fourth-order valence-corrected chi connectivity index (χ4v) is 3.64. The normalized spacial score (nSPS) is 30.8. The number of fused-ring (bicyclic) bond motifs is 4. The van der Waals surface area contributed by atoms with Gasteiger partial charge in [0, 0.05) is 51.2 Å². The van der Waals surface area contributed by atoms with Crippen LogP contribution in [-0.2, 0) is 0 Å². The second-order valence-electron chi connectivity index (χ2n) is 6.69. The first-order valence-corrected chi connectivity index (χ1v) is 8.29. The van der Waals surface area contributed by atoms with Crippen molar-refractivity contribution in [2.45, 2.75) is 24.8 Å². The van der Waals surface area contributed by atoms with Crippen molar-refractivity contribution < 1.29 is 0 Å². The second-order valence-corrected chi connectivity index (χ2v) is 6.69. The molecule has 4 aliphatic rings. The summed E-state index contributed by atoms with van der Waals surface area (Å²) in [6, 6.07) is 4.62. The van der Waals surface area contributed by atoms with Gasteiger partial charge in [0.05, 0.1) is 0 Å². The summed E-state index contributed by atoms with van der Waals surface area (Å²) < 4.78 is 1.91. The number of anilines is 1. The van der Waals surface area contributed by atoms with Crippen LogP contribution in [0.3, 0.4) is 0 Å². The summed E-state index contributed by atoms with van der Waals surface area (Å²) in [4.78, 5) is 5.16. The Morgan fingerprint density at radius 2 is 1.95 bits per heavy atom. The average molecular weight is 299 g/mol. The first kappa shape index (κ1) is 12.8. The lowest BCUT2D eigenvalue weighted by atomic mass is 10.1. The van der Waals surface area contributed by atoms with E-state index in [1.165, 1.54) is 45.6 Å². The predicted octanol–water partition coefficient (Wildman–Crippen LogP) is 0.413. The lowest BCUT2D eigenvalue weighted by Gasteiger charge is -2.47. The Bertz CT molecular complexity index is 684. The Balaban J connectivity index is 1.32. The summed E-state index contributed by atoms with van der Waals surface area (Å²) >= 11 is 0. The Labute approximate surface area is 129 Å². The molecule has 2 bridgehead atoms. The number of nitrogens with one attached hydrogen (secondary N) is 1. The minimum absolute atomic E-state index is 0.561. The first-order chi connectivity index (χ1) is 10.9. The summed E-state index contributed by atoms with van der Waals surface area (Å²) in [6.07, 6.45) is 2.43. The highest BCUT2D eigenvalue weighted by Gasteiger charge is 2.32. The van der Waals surface area contributed by atoms with E-state index in [-0.39, 0.29) is 0 Å². The van der Waals surface area contributed by atoms with Gasteiger partial charge >= 0.3 is 0 Å². The molecule has 7 heteroatoms. The van der Waals surface area contributed by atoms with Gasteiger partial charge in [-0.2, -0.15) is 4.52 Å². The fraction of sp³-hybridized carbons (Fsp3) is 0.667. The Hall–Kier alpha value is -1.73. The summed E-state index contributed by atoms with van der Waals surface area (Å²) in [7, 11) is 0. The van der Waals surface area contributed by atoms with Crippen LogP contribution in [0.2, 0.25) is 0 Å². The number of piperazine rings is 3. The number of hydrogen-bond acceptors (Lipinski definition) is 6. The zero-order valence-corrected chi connectivity index (χ0v) is 12.6. The summed E-state index contributed by atoms with van der Waals surface area (Å²) in [5.74, 6) is 2.50. The van der Waals surface area contributed by atoms with E-state index >= 15 is 0 Å². The van der Waals surface area contributed by atoms with E-state index in [4.69, 9.17) is 5.10 Å². The smallest absolute Gasteiger partial charge is 0.178 e. The van der Waals surface area contributed by atoms with Crippen LogP contribution in [0.5, 0.6) is 0 Å². The van der Waals surface area contributed by atoms with Crippen molar-refractivity contribution in [3.63, 3.8) is 0 Å². The Kier molecular flexibility index (Phi) is 2.84. The fourth-order valence-electron chi connectivity index (χ4n) is 3.64. The predicted molar refractivity (Wildman–Crippen MR) is 83.0 cm³/mol. The van der Waals surface area contributed by atoms with Crippen molar-refractivity contribution in [1.82, 2.24) is 29.6 Å². The molecule has 1 unspecified atom stereocenters. The number of nitrogens with zero attached hydrogens (tertiary/aromatic N) is 6. The maximum absolute atomic E-state index is 4.69. The molecule has 0 amide bonds. The van der Waals surface area contributed by atoms with Crippen molar-refractivity contribution in [1.29, 1.82) is 0 Å². The molecular formula is C15H21N7. The van der Waals surface area contributed by atoms with E-state index in [2.05, 4.69) is 25.3 Å². The van der Waals surface area contributed by atoms with Gasteiger partial charge in [-0.15, -0.1) is 15.3 Å². The van der Waals surface area contributed by atoms with Crippen LogP contribution >= 0.6 is 0 Å². The van der Waals surface area contributed by atoms with Gasteiger partial charge in [0.1, 0.15) is 5.82 Å². The van der Waals surface area contributed by atoms with Crippen molar-refractivity contribution in [3.8, 4) is 0 Å². The molecule has 3 aliphatic heterocycles. The lowest BCUT2D eigenvalue weighted by Crippen LogP contribution is -2.62. The lowest BCUT2D eigenvalue weighted by molar-refractivity contribution is 0.0189. The van der Waals surface area contributed by atoms with Gasteiger partial charge < -0.3 is 5.32 Å². The van der Waals surface area contributed by atoms with E-state index < -0.39 is 0 Å². The van der Waals surface area contributed by atoms with Crippen LogP contribution in [0, 0.1) is 0 Å². The highest BCUT2D eigenvalue weighted by Crippen LogP contribution is 2.38. The Morgan fingerprint density at radius 1 is 1.09 bits per heavy atom. The molecule has 4 fully saturated rings. The molecule has 7 nitrogen and oxygen atoms in total. The van der Waals surface area contributed by atoms with E-state index in [1.54, 1.807) is 0 Å². The summed E-state index contributed by atoms with van der Waals surface area (Å²) in [5.41, 5.74) is 0.846. The standard InChI is InChI=1S/C15H21N7/c1-2-11(1)15-18-17-14-4-3-13(19-22(14)15)16-9-12-10-20-5-7-21(12)8-6-20/h3-4,11-12H,1-2,5-10H2,(H,16,19). The Morgan fingerprint density at radius 3 is 2.68 bits per heavy atom. The second kappa shape index (κ2) is 4.89. The van der Waals surface area contributed by atoms with Crippen LogP contribution < -0.4 is 5.32 Å². The monoisotopic (exact) mass is 299 g/mol. The minimum Gasteiger partial charge on any atom is -0.367 e. The van der Waals surface area contributed by atoms with Crippen molar-refractivity contribution in [2.75, 3.05) is 44.6 Å². The highest BCUT2D eigenvalue weighted by molar-refractivity contribution is 5.44. The van der Waals surface area contributed by atoms with E-state index in [0.717, 1.165) is 23.8 Å². The molecule has 2 aromatic rings. The number of aromatic nitrogens is 4. The topological polar surface area (TPSA) is 61.6 Å². The molecule has 0 aromatic carbocycles. The van der Waals surface area contributed by atoms with Gasteiger partial charge in [0.2, 0.25) is 0 Å². The first-order valence-electron chi connectivity index (χ1n) is 8.29. The van der Waals surface area contributed by atoms with Gasteiger partial charge in [-0.05, 0) is 25.0 Å². The average Bonchev–Trinajstić information content (AvgIpc) is 3.33. The molecule has 1 aliphatic carbocycles. The van der Waals surface area contributed by atoms with Crippen LogP contribution in [0.15, 0.2) is 12.1 Å². The van der Waals surface area contributed by atoms with Gasteiger partial charge in [0.15, 0.2) is 11.5 Å². The van der Waals surface area contributed by atoms with Crippen LogP contribution in [0.25, 0.3) is 5.65 Å². The highest BCUT2D eigenvalue weighted by atomic mass is 15.4. The molecule has 116 valence electrons. The maximum Gasteiger partial charge on any atom is 0.178 e. The zero-order valence-electron chi connectivity index (χ0n) is 12.6. The van der Waals surface area contributed by atoms with Gasteiger partial charge in [-0.3, -0.25) is 9.80 Å². The van der Waals surface area contributed by atoms with Crippen molar-refractivity contribution >= 4 is 11.5 Å².